The van der Waals surface area contributed by atoms with Crippen LogP contribution in [0.25, 0.3) is 0 Å². The fourth-order valence-corrected chi connectivity index (χ4v) is 1.40. The number of carboxylic acids is 1. The lowest BCUT2D eigenvalue weighted by Gasteiger charge is -2.07. The highest BCUT2D eigenvalue weighted by molar-refractivity contribution is 6.32. The number of unbranched alkanes of at least 4 members (excludes halogenated alkanes) is 1. The van der Waals surface area contributed by atoms with Gasteiger partial charge in [0, 0.05) is 0 Å². The molecule has 0 radical (unpaired) electrons. The van der Waals surface area contributed by atoms with Gasteiger partial charge in [0.15, 0.2) is 0 Å². The zero-order valence-corrected chi connectivity index (χ0v) is 9.54. The lowest BCUT2D eigenvalue weighted by molar-refractivity contribution is 0.0697. The quantitative estimate of drug-likeness (QED) is 0.613. The molecule has 4 heteroatoms. The Morgan fingerprint density at radius 2 is 2.31 bits per heavy atom. The monoisotopic (exact) mass is 240 g/mol. The number of ether oxygens (including phenoxy) is 1. The van der Waals surface area contributed by atoms with E-state index in [1.807, 2.05) is 6.08 Å². The Bertz CT molecular complexity index is 388. The molecule has 0 aromatic heterocycles. The van der Waals surface area contributed by atoms with Crippen molar-refractivity contribution < 1.29 is 14.6 Å². The predicted octanol–water partition coefficient (Wildman–Crippen LogP) is 3.38. The second-order valence-corrected chi connectivity index (χ2v) is 3.64. The molecule has 0 heterocycles. The van der Waals surface area contributed by atoms with E-state index in [0.29, 0.717) is 17.4 Å². The largest absolute Gasteiger partial charge is 0.492 e. The number of carboxylic acid groups (broad SMARTS) is 1. The number of hydrogen-bond acceptors (Lipinski definition) is 2. The highest BCUT2D eigenvalue weighted by atomic mass is 35.5. The standard InChI is InChI=1S/C12H13ClO3/c1-2-3-4-7-16-11-6-5-9(12(14)15)8-10(11)13/h2,5-6,8H,1,3-4,7H2,(H,14,15). The molecule has 0 aliphatic carbocycles. The van der Waals surface area contributed by atoms with Crippen LogP contribution < -0.4 is 4.74 Å². The van der Waals surface area contributed by atoms with Crippen molar-refractivity contribution in [2.45, 2.75) is 12.8 Å². The maximum atomic E-state index is 10.7. The van der Waals surface area contributed by atoms with Gasteiger partial charge in [0.25, 0.3) is 0 Å². The second kappa shape index (κ2) is 6.18. The first-order valence-electron chi connectivity index (χ1n) is 4.91. The Balaban J connectivity index is 2.61. The highest BCUT2D eigenvalue weighted by Crippen LogP contribution is 2.25. The Kier molecular flexibility index (Phi) is 4.86. The number of benzene rings is 1. The van der Waals surface area contributed by atoms with Gasteiger partial charge in [0.05, 0.1) is 17.2 Å². The smallest absolute Gasteiger partial charge is 0.335 e. The SMILES string of the molecule is C=CCCCOc1ccc(C(=O)O)cc1Cl. The summed E-state index contributed by atoms with van der Waals surface area (Å²) in [5, 5.41) is 9.05. The number of carbonyl (C=O) groups is 1. The van der Waals surface area contributed by atoms with Crippen LogP contribution in [-0.4, -0.2) is 17.7 Å². The molecule has 0 saturated heterocycles. The van der Waals surface area contributed by atoms with Gasteiger partial charge in [-0.25, -0.2) is 4.79 Å². The van der Waals surface area contributed by atoms with E-state index in [2.05, 4.69) is 6.58 Å². The first-order chi connectivity index (χ1) is 7.65. The molecule has 0 aliphatic heterocycles. The van der Waals surface area contributed by atoms with Crippen molar-refractivity contribution in [1.82, 2.24) is 0 Å². The Labute approximate surface area is 99.3 Å². The number of rotatable bonds is 6. The van der Waals surface area contributed by atoms with Crippen LogP contribution in [0.5, 0.6) is 5.75 Å². The van der Waals surface area contributed by atoms with Crippen molar-refractivity contribution >= 4 is 17.6 Å². The maximum absolute atomic E-state index is 10.7. The fourth-order valence-electron chi connectivity index (χ4n) is 1.16. The topological polar surface area (TPSA) is 46.5 Å². The minimum absolute atomic E-state index is 0.156. The number of halogens is 1. The van der Waals surface area contributed by atoms with Crippen molar-refractivity contribution in [1.29, 1.82) is 0 Å². The van der Waals surface area contributed by atoms with Crippen LogP contribution in [0.3, 0.4) is 0 Å². The van der Waals surface area contributed by atoms with E-state index >= 15 is 0 Å². The van der Waals surface area contributed by atoms with Crippen LogP contribution in [0.15, 0.2) is 30.9 Å². The van der Waals surface area contributed by atoms with Crippen LogP contribution in [0, 0.1) is 0 Å². The summed E-state index contributed by atoms with van der Waals surface area (Å²) in [6, 6.07) is 4.42. The molecule has 86 valence electrons. The summed E-state index contributed by atoms with van der Waals surface area (Å²) in [4.78, 5) is 10.7. The van der Waals surface area contributed by atoms with Crippen molar-refractivity contribution in [3.8, 4) is 5.75 Å². The predicted molar refractivity (Wildman–Crippen MR) is 63.3 cm³/mol. The first-order valence-corrected chi connectivity index (χ1v) is 5.29. The molecule has 1 rings (SSSR count). The summed E-state index contributed by atoms with van der Waals surface area (Å²) in [6.45, 7) is 4.15. The highest BCUT2D eigenvalue weighted by Gasteiger charge is 2.07. The molecule has 1 N–H and O–H groups in total. The third kappa shape index (κ3) is 3.59. The summed E-state index contributed by atoms with van der Waals surface area (Å²) < 4.78 is 5.40. The molecule has 0 fully saturated rings. The molecule has 0 aliphatic rings. The van der Waals surface area contributed by atoms with Crippen LogP contribution >= 0.6 is 11.6 Å². The normalized spacial score (nSPS) is 9.81. The first kappa shape index (κ1) is 12.6. The molecule has 0 saturated carbocycles. The van der Waals surface area contributed by atoms with E-state index in [0.717, 1.165) is 12.8 Å². The van der Waals surface area contributed by atoms with Crippen LogP contribution in [0.2, 0.25) is 5.02 Å². The average Bonchev–Trinajstić information content (AvgIpc) is 2.26. The number of aromatic carboxylic acids is 1. The Morgan fingerprint density at radius 3 is 2.88 bits per heavy atom. The van der Waals surface area contributed by atoms with E-state index in [-0.39, 0.29) is 5.56 Å². The Hall–Kier alpha value is -1.48. The van der Waals surface area contributed by atoms with Gasteiger partial charge < -0.3 is 9.84 Å². The van der Waals surface area contributed by atoms with E-state index in [1.165, 1.54) is 12.1 Å². The molecular formula is C12H13ClO3. The van der Waals surface area contributed by atoms with Crippen molar-refractivity contribution in [2.75, 3.05) is 6.61 Å². The molecule has 0 unspecified atom stereocenters. The van der Waals surface area contributed by atoms with Gasteiger partial charge in [-0.15, -0.1) is 6.58 Å². The van der Waals surface area contributed by atoms with Gasteiger partial charge >= 0.3 is 5.97 Å². The van der Waals surface area contributed by atoms with Gasteiger partial charge in [-0.3, -0.25) is 0 Å². The number of hydrogen-bond donors (Lipinski definition) is 1. The summed E-state index contributed by atoms with van der Waals surface area (Å²) in [5.74, 6) is -0.490. The summed E-state index contributed by atoms with van der Waals surface area (Å²) in [5.41, 5.74) is 0.156. The van der Waals surface area contributed by atoms with Gasteiger partial charge in [-0.05, 0) is 31.0 Å². The van der Waals surface area contributed by atoms with Gasteiger partial charge in [0.2, 0.25) is 0 Å². The lowest BCUT2D eigenvalue weighted by atomic mass is 10.2. The second-order valence-electron chi connectivity index (χ2n) is 3.23. The van der Waals surface area contributed by atoms with Crippen molar-refractivity contribution in [2.24, 2.45) is 0 Å². The van der Waals surface area contributed by atoms with Gasteiger partial charge in [0.1, 0.15) is 5.75 Å². The van der Waals surface area contributed by atoms with Crippen LogP contribution in [-0.2, 0) is 0 Å². The maximum Gasteiger partial charge on any atom is 0.335 e. The molecule has 1 aromatic rings. The molecule has 3 nitrogen and oxygen atoms in total. The van der Waals surface area contributed by atoms with E-state index in [1.54, 1.807) is 6.07 Å². The fraction of sp³-hybridized carbons (Fsp3) is 0.250. The molecule has 1 aromatic carbocycles. The van der Waals surface area contributed by atoms with Crippen LogP contribution in [0.1, 0.15) is 23.2 Å². The van der Waals surface area contributed by atoms with E-state index in [4.69, 9.17) is 21.4 Å². The van der Waals surface area contributed by atoms with Crippen molar-refractivity contribution in [3.05, 3.63) is 41.4 Å². The molecule has 0 amide bonds. The van der Waals surface area contributed by atoms with Crippen LogP contribution in [0.4, 0.5) is 0 Å². The molecule has 0 bridgehead atoms. The zero-order valence-electron chi connectivity index (χ0n) is 8.78. The molecule has 16 heavy (non-hydrogen) atoms. The van der Waals surface area contributed by atoms with E-state index < -0.39 is 5.97 Å². The summed E-state index contributed by atoms with van der Waals surface area (Å²) in [7, 11) is 0. The minimum Gasteiger partial charge on any atom is -0.492 e. The molecular weight excluding hydrogens is 228 g/mol. The Morgan fingerprint density at radius 1 is 1.56 bits per heavy atom. The van der Waals surface area contributed by atoms with E-state index in [9.17, 15) is 4.79 Å². The zero-order chi connectivity index (χ0) is 12.0. The average molecular weight is 241 g/mol. The number of allylic oxidation sites excluding steroid dienone is 1. The summed E-state index contributed by atoms with van der Waals surface area (Å²) in [6.07, 6.45) is 3.56. The third-order valence-electron chi connectivity index (χ3n) is 1.99. The van der Waals surface area contributed by atoms with Gasteiger partial charge in [-0.1, -0.05) is 17.7 Å². The molecule has 0 atom stereocenters. The lowest BCUT2D eigenvalue weighted by Crippen LogP contribution is -2.00. The minimum atomic E-state index is -1.000. The third-order valence-corrected chi connectivity index (χ3v) is 2.28. The molecule has 0 spiro atoms. The van der Waals surface area contributed by atoms with Crippen molar-refractivity contribution in [3.63, 3.8) is 0 Å². The summed E-state index contributed by atoms with van der Waals surface area (Å²) >= 11 is 5.88. The van der Waals surface area contributed by atoms with Gasteiger partial charge in [-0.2, -0.15) is 0 Å².